The number of unbranched alkanes of at least 4 members (excludes halogenated alkanes) is 1. The van der Waals surface area contributed by atoms with Crippen LogP contribution in [0.4, 0.5) is 11.4 Å². The summed E-state index contributed by atoms with van der Waals surface area (Å²) in [7, 11) is 1.44. The van der Waals surface area contributed by atoms with Crippen molar-refractivity contribution < 1.29 is 29.0 Å². The molecule has 4 N–H and O–H groups in total. The van der Waals surface area contributed by atoms with Crippen molar-refractivity contribution >= 4 is 46.9 Å². The molecule has 0 spiro atoms. The van der Waals surface area contributed by atoms with Gasteiger partial charge in [-0.05, 0) is 86.2 Å². The highest BCUT2D eigenvalue weighted by Gasteiger charge is 2.18. The Bertz CT molecular complexity index is 1680. The van der Waals surface area contributed by atoms with Crippen molar-refractivity contribution in [1.82, 2.24) is 5.32 Å². The Labute approximate surface area is 273 Å². The lowest BCUT2D eigenvalue weighted by Gasteiger charge is -2.15. The highest BCUT2D eigenvalue weighted by Crippen LogP contribution is 2.28. The van der Waals surface area contributed by atoms with E-state index in [1.807, 2.05) is 30.3 Å². The Hall–Kier alpha value is -5.22. The Kier molecular flexibility index (Phi) is 12.3. The van der Waals surface area contributed by atoms with Crippen LogP contribution in [0.15, 0.2) is 108 Å². The van der Waals surface area contributed by atoms with Crippen LogP contribution in [0, 0.1) is 0 Å². The Morgan fingerprint density at radius 1 is 0.891 bits per heavy atom. The van der Waals surface area contributed by atoms with Gasteiger partial charge in [0.1, 0.15) is 22.9 Å². The second-order valence-corrected chi connectivity index (χ2v) is 11.7. The average molecular weight is 640 g/mol. The minimum atomic E-state index is -0.575. The maximum atomic E-state index is 13.5. The van der Waals surface area contributed by atoms with Gasteiger partial charge in [-0.15, -0.1) is 11.8 Å². The van der Waals surface area contributed by atoms with Crippen LogP contribution in [0.2, 0.25) is 0 Å². The number of phenolic OH excluding ortho intramolecular Hbond substituents is 1. The van der Waals surface area contributed by atoms with Gasteiger partial charge >= 0.3 is 0 Å². The smallest absolute Gasteiger partial charge is 0.272 e. The topological polar surface area (TPSA) is 126 Å². The third-order valence-electron chi connectivity index (χ3n) is 6.71. The monoisotopic (exact) mass is 639 g/mol. The second-order valence-electron chi connectivity index (χ2n) is 10.3. The molecule has 4 rings (SSSR count). The van der Waals surface area contributed by atoms with Crippen LogP contribution in [-0.2, 0) is 9.59 Å². The molecule has 9 nitrogen and oxygen atoms in total. The average Bonchev–Trinajstić information content (AvgIpc) is 3.06. The summed E-state index contributed by atoms with van der Waals surface area (Å²) in [5.41, 5.74) is 1.95. The van der Waals surface area contributed by atoms with E-state index in [2.05, 4.69) is 22.9 Å². The van der Waals surface area contributed by atoms with Gasteiger partial charge in [0, 0.05) is 33.5 Å². The predicted molar refractivity (Wildman–Crippen MR) is 182 cm³/mol. The van der Waals surface area contributed by atoms with E-state index in [1.165, 1.54) is 37.1 Å². The normalized spacial score (nSPS) is 11.7. The van der Waals surface area contributed by atoms with E-state index < -0.39 is 17.1 Å². The van der Waals surface area contributed by atoms with Crippen molar-refractivity contribution in [1.29, 1.82) is 0 Å². The SMILES string of the molecule is CCCCOc1ccc(NC(=O)C(C)Sc2cccc(NC(=O)/C(=C\c3ccc(O)cc3OC)NC(=O)c3ccccc3)c2)cc1. The van der Waals surface area contributed by atoms with E-state index in [4.69, 9.17) is 9.47 Å². The fraction of sp³-hybridized carbons (Fsp3) is 0.194. The van der Waals surface area contributed by atoms with E-state index in [9.17, 15) is 19.5 Å². The zero-order chi connectivity index (χ0) is 32.9. The highest BCUT2D eigenvalue weighted by atomic mass is 32.2. The van der Waals surface area contributed by atoms with E-state index in [0.29, 0.717) is 34.9 Å². The summed E-state index contributed by atoms with van der Waals surface area (Å²) in [6, 6.07) is 27.4. The first kappa shape index (κ1) is 33.7. The van der Waals surface area contributed by atoms with Crippen LogP contribution in [0.5, 0.6) is 17.2 Å². The first-order valence-corrected chi connectivity index (χ1v) is 15.7. The first-order valence-electron chi connectivity index (χ1n) is 14.8. The molecule has 0 saturated heterocycles. The van der Waals surface area contributed by atoms with Gasteiger partial charge in [-0.25, -0.2) is 0 Å². The molecule has 1 unspecified atom stereocenters. The summed E-state index contributed by atoms with van der Waals surface area (Å²) in [6.07, 6.45) is 3.51. The third kappa shape index (κ3) is 9.90. The number of benzene rings is 4. The number of hydrogen-bond acceptors (Lipinski definition) is 7. The Morgan fingerprint density at radius 3 is 2.37 bits per heavy atom. The van der Waals surface area contributed by atoms with Gasteiger partial charge in [0.05, 0.1) is 19.0 Å². The molecule has 0 fully saturated rings. The third-order valence-corrected chi connectivity index (χ3v) is 7.80. The molecule has 1 atom stereocenters. The summed E-state index contributed by atoms with van der Waals surface area (Å²) in [6.45, 7) is 4.57. The minimum Gasteiger partial charge on any atom is -0.508 e. The lowest BCUT2D eigenvalue weighted by Crippen LogP contribution is -2.30. The number of rotatable bonds is 14. The van der Waals surface area contributed by atoms with E-state index in [1.54, 1.807) is 61.5 Å². The Morgan fingerprint density at radius 2 is 1.65 bits per heavy atom. The van der Waals surface area contributed by atoms with Crippen LogP contribution in [-0.4, -0.2) is 41.8 Å². The number of thioether (sulfide) groups is 1. The molecular formula is C36H37N3O6S. The molecule has 0 aromatic heterocycles. The second kappa shape index (κ2) is 16.7. The quantitative estimate of drug-likeness (QED) is 0.0658. The number of methoxy groups -OCH3 is 1. The summed E-state index contributed by atoms with van der Waals surface area (Å²) in [4.78, 5) is 40.2. The highest BCUT2D eigenvalue weighted by molar-refractivity contribution is 8.00. The fourth-order valence-electron chi connectivity index (χ4n) is 4.23. The number of phenols is 1. The van der Waals surface area contributed by atoms with Gasteiger partial charge in [0.25, 0.3) is 11.8 Å². The van der Waals surface area contributed by atoms with Gasteiger partial charge in [-0.1, -0.05) is 37.6 Å². The lowest BCUT2D eigenvalue weighted by atomic mass is 10.1. The van der Waals surface area contributed by atoms with Crippen LogP contribution in [0.25, 0.3) is 6.08 Å². The zero-order valence-corrected chi connectivity index (χ0v) is 26.7. The molecule has 0 aliphatic rings. The molecule has 10 heteroatoms. The molecule has 0 radical (unpaired) electrons. The molecule has 0 aliphatic carbocycles. The molecule has 0 heterocycles. The number of hydrogen-bond donors (Lipinski definition) is 4. The summed E-state index contributed by atoms with van der Waals surface area (Å²) in [5.74, 6) is -0.141. The van der Waals surface area contributed by atoms with Crippen LogP contribution in [0.1, 0.15) is 42.6 Å². The number of ether oxygens (including phenoxy) is 2. The summed E-state index contributed by atoms with van der Waals surface area (Å²) in [5, 5.41) is 17.9. The number of aromatic hydroxyl groups is 1. The van der Waals surface area contributed by atoms with Crippen LogP contribution < -0.4 is 25.4 Å². The zero-order valence-electron chi connectivity index (χ0n) is 25.9. The fourth-order valence-corrected chi connectivity index (χ4v) is 5.16. The van der Waals surface area contributed by atoms with Crippen molar-refractivity contribution in [3.63, 3.8) is 0 Å². The van der Waals surface area contributed by atoms with Crippen molar-refractivity contribution in [3.05, 3.63) is 114 Å². The maximum Gasteiger partial charge on any atom is 0.272 e. The van der Waals surface area contributed by atoms with Gasteiger partial charge in [-0.2, -0.15) is 0 Å². The number of carbonyl (C=O) groups excluding carboxylic acids is 3. The van der Waals surface area contributed by atoms with Crippen LogP contribution in [0.3, 0.4) is 0 Å². The van der Waals surface area contributed by atoms with Crippen molar-refractivity contribution in [2.75, 3.05) is 24.4 Å². The molecule has 0 aliphatic heterocycles. The van der Waals surface area contributed by atoms with Gasteiger partial charge < -0.3 is 30.5 Å². The van der Waals surface area contributed by atoms with Crippen molar-refractivity contribution in [2.45, 2.75) is 36.8 Å². The molecule has 238 valence electrons. The molecule has 3 amide bonds. The van der Waals surface area contributed by atoms with Crippen molar-refractivity contribution in [2.24, 2.45) is 0 Å². The molecule has 46 heavy (non-hydrogen) atoms. The molecule has 4 aromatic carbocycles. The molecule has 0 saturated carbocycles. The lowest BCUT2D eigenvalue weighted by molar-refractivity contribution is -0.115. The molecular weight excluding hydrogens is 602 g/mol. The van der Waals surface area contributed by atoms with Gasteiger partial charge in [-0.3, -0.25) is 14.4 Å². The Balaban J connectivity index is 1.45. The largest absolute Gasteiger partial charge is 0.508 e. The van der Waals surface area contributed by atoms with E-state index in [0.717, 1.165) is 23.5 Å². The number of amides is 3. The first-order chi connectivity index (χ1) is 22.2. The maximum absolute atomic E-state index is 13.5. The number of carbonyl (C=O) groups is 3. The van der Waals surface area contributed by atoms with Crippen LogP contribution >= 0.6 is 11.8 Å². The van der Waals surface area contributed by atoms with E-state index in [-0.39, 0.29) is 17.4 Å². The standard InChI is InChI=1S/C36H37N3O6S/c1-4-5-20-45-30-18-15-27(16-19-30)37-34(41)24(2)46-31-13-9-12-28(22-31)38-36(43)32(39-35(42)25-10-7-6-8-11-25)21-26-14-17-29(40)23-33(26)44-3/h6-19,21-24,40H,4-5,20H2,1-3H3,(H,37,41)(H,38,43)(H,39,42)/b32-21+. The van der Waals surface area contributed by atoms with E-state index >= 15 is 0 Å². The summed E-state index contributed by atoms with van der Waals surface area (Å²) >= 11 is 1.34. The molecule has 4 aromatic rings. The van der Waals surface area contributed by atoms with Gasteiger partial charge in [0.15, 0.2) is 0 Å². The predicted octanol–water partition coefficient (Wildman–Crippen LogP) is 7.11. The molecule has 0 bridgehead atoms. The summed E-state index contributed by atoms with van der Waals surface area (Å²) < 4.78 is 11.0. The van der Waals surface area contributed by atoms with Crippen molar-refractivity contribution in [3.8, 4) is 17.2 Å². The number of nitrogens with one attached hydrogen (secondary N) is 3. The van der Waals surface area contributed by atoms with Gasteiger partial charge in [0.2, 0.25) is 5.91 Å². The number of anilines is 2. The minimum absolute atomic E-state index is 0.00383.